The van der Waals surface area contributed by atoms with Gasteiger partial charge in [0.15, 0.2) is 0 Å². The summed E-state index contributed by atoms with van der Waals surface area (Å²) >= 11 is 0. The van der Waals surface area contributed by atoms with Gasteiger partial charge in [0.2, 0.25) is 10.0 Å². The van der Waals surface area contributed by atoms with Crippen LogP contribution in [0.2, 0.25) is 0 Å². The number of hydrogen-bond acceptors (Lipinski definition) is 4. The third-order valence-corrected chi connectivity index (χ3v) is 5.18. The molecule has 0 saturated heterocycles. The molecule has 0 aliphatic heterocycles. The van der Waals surface area contributed by atoms with Gasteiger partial charge < -0.3 is 4.74 Å². The van der Waals surface area contributed by atoms with Crippen LogP contribution in [-0.2, 0) is 21.4 Å². The molecule has 1 saturated carbocycles. The molecule has 0 radical (unpaired) electrons. The number of sulfonamides is 1. The van der Waals surface area contributed by atoms with Crippen LogP contribution in [0.25, 0.3) is 0 Å². The smallest absolute Gasteiger partial charge is 0.229 e. The summed E-state index contributed by atoms with van der Waals surface area (Å²) in [6, 6.07) is 14.0. The zero-order chi connectivity index (χ0) is 17.7. The summed E-state index contributed by atoms with van der Waals surface area (Å²) in [7, 11) is -3.33. The third kappa shape index (κ3) is 5.28. The molecule has 0 spiro atoms. The van der Waals surface area contributed by atoms with Gasteiger partial charge in [0.1, 0.15) is 0 Å². The molecule has 2 aromatic rings. The fourth-order valence-corrected chi connectivity index (χ4v) is 3.92. The average molecular weight is 360 g/mol. The lowest BCUT2D eigenvalue weighted by Gasteiger charge is -2.29. The van der Waals surface area contributed by atoms with Gasteiger partial charge in [-0.25, -0.2) is 8.42 Å². The molecule has 1 aromatic heterocycles. The minimum absolute atomic E-state index is 0.202. The minimum atomic E-state index is -3.33. The molecular formula is C19H24N2O3S. The fraction of sp³-hybridized carbons (Fsp3) is 0.421. The second kappa shape index (κ2) is 7.97. The lowest BCUT2D eigenvalue weighted by atomic mass is 9.83. The highest BCUT2D eigenvalue weighted by Crippen LogP contribution is 2.34. The van der Waals surface area contributed by atoms with Gasteiger partial charge in [-0.15, -0.1) is 0 Å². The number of anilines is 1. The summed E-state index contributed by atoms with van der Waals surface area (Å²) < 4.78 is 31.4. The maximum atomic E-state index is 11.4. The van der Waals surface area contributed by atoms with E-state index in [2.05, 4.69) is 34.0 Å². The molecule has 1 aromatic carbocycles. The van der Waals surface area contributed by atoms with Crippen LogP contribution in [0.15, 0.2) is 48.7 Å². The largest absolute Gasteiger partial charge is 0.372 e. The van der Waals surface area contributed by atoms with Crippen molar-refractivity contribution >= 4 is 15.7 Å². The molecule has 1 aliphatic rings. The number of benzene rings is 1. The summed E-state index contributed by atoms with van der Waals surface area (Å²) in [5, 5.41) is 0. The summed E-state index contributed by atoms with van der Waals surface area (Å²) in [4.78, 5) is 4.26. The quantitative estimate of drug-likeness (QED) is 0.853. The van der Waals surface area contributed by atoms with E-state index in [0.29, 0.717) is 23.9 Å². The standard InChI is InChI=1S/C19H24N2O3S/c1-25(22,23)21-18-8-5-13-20-19(18)14-24-17-11-9-16(10-12-17)15-6-3-2-4-7-15/h2-8,13,16-17,21H,9-12,14H2,1H3/t16-,17+. The normalized spacial score (nSPS) is 21.0. The van der Waals surface area contributed by atoms with Gasteiger partial charge in [-0.05, 0) is 49.3 Å². The Morgan fingerprint density at radius 2 is 1.80 bits per heavy atom. The van der Waals surface area contributed by atoms with Crippen LogP contribution < -0.4 is 4.72 Å². The minimum Gasteiger partial charge on any atom is -0.372 e. The molecule has 0 unspecified atom stereocenters. The van der Waals surface area contributed by atoms with E-state index in [4.69, 9.17) is 4.74 Å². The van der Waals surface area contributed by atoms with Crippen molar-refractivity contribution < 1.29 is 13.2 Å². The van der Waals surface area contributed by atoms with Gasteiger partial charge in [0.25, 0.3) is 0 Å². The second-order valence-corrected chi connectivity index (χ2v) is 8.32. The number of ether oxygens (including phenoxy) is 1. The van der Waals surface area contributed by atoms with Crippen LogP contribution in [0, 0.1) is 0 Å². The molecule has 0 bridgehead atoms. The number of aromatic nitrogens is 1. The van der Waals surface area contributed by atoms with Crippen LogP contribution in [-0.4, -0.2) is 25.8 Å². The van der Waals surface area contributed by atoms with Crippen molar-refractivity contribution in [2.24, 2.45) is 0 Å². The van der Waals surface area contributed by atoms with Gasteiger partial charge in [-0.1, -0.05) is 30.3 Å². The van der Waals surface area contributed by atoms with Gasteiger partial charge in [-0.2, -0.15) is 0 Å². The average Bonchev–Trinajstić information content (AvgIpc) is 2.61. The van der Waals surface area contributed by atoms with Gasteiger partial charge >= 0.3 is 0 Å². The van der Waals surface area contributed by atoms with E-state index >= 15 is 0 Å². The van der Waals surface area contributed by atoms with E-state index in [1.54, 1.807) is 18.3 Å². The Balaban J connectivity index is 1.54. The van der Waals surface area contributed by atoms with E-state index in [-0.39, 0.29) is 6.10 Å². The van der Waals surface area contributed by atoms with Crippen LogP contribution in [0.3, 0.4) is 0 Å². The molecule has 1 aliphatic carbocycles. The first kappa shape index (κ1) is 17.9. The predicted molar refractivity (Wildman–Crippen MR) is 98.9 cm³/mol. The molecule has 1 fully saturated rings. The topological polar surface area (TPSA) is 68.3 Å². The van der Waals surface area contributed by atoms with Crippen molar-refractivity contribution in [3.63, 3.8) is 0 Å². The molecule has 25 heavy (non-hydrogen) atoms. The summed E-state index contributed by atoms with van der Waals surface area (Å²) in [6.07, 6.45) is 7.25. The van der Waals surface area contributed by atoms with E-state index in [0.717, 1.165) is 31.9 Å². The SMILES string of the molecule is CS(=O)(=O)Nc1cccnc1CO[C@H]1CC[C@@H](c2ccccc2)CC1. The Bertz CT molecular complexity index is 785. The van der Waals surface area contributed by atoms with Crippen molar-refractivity contribution in [2.75, 3.05) is 11.0 Å². The van der Waals surface area contributed by atoms with Crippen molar-refractivity contribution in [2.45, 2.75) is 44.3 Å². The van der Waals surface area contributed by atoms with Crippen molar-refractivity contribution in [3.8, 4) is 0 Å². The lowest BCUT2D eigenvalue weighted by molar-refractivity contribution is 0.0121. The van der Waals surface area contributed by atoms with Crippen molar-refractivity contribution in [3.05, 3.63) is 59.9 Å². The highest BCUT2D eigenvalue weighted by atomic mass is 32.2. The maximum absolute atomic E-state index is 11.4. The monoisotopic (exact) mass is 360 g/mol. The number of rotatable bonds is 6. The molecule has 1 N–H and O–H groups in total. The summed E-state index contributed by atoms with van der Waals surface area (Å²) in [5.41, 5.74) is 2.52. The second-order valence-electron chi connectivity index (χ2n) is 6.57. The molecule has 6 heteroatoms. The first-order valence-electron chi connectivity index (χ1n) is 8.59. The molecular weight excluding hydrogens is 336 g/mol. The van der Waals surface area contributed by atoms with E-state index in [1.807, 2.05) is 6.07 Å². The van der Waals surface area contributed by atoms with Crippen molar-refractivity contribution in [1.29, 1.82) is 0 Å². The summed E-state index contributed by atoms with van der Waals surface area (Å²) in [5.74, 6) is 0.610. The maximum Gasteiger partial charge on any atom is 0.229 e. The zero-order valence-electron chi connectivity index (χ0n) is 14.4. The van der Waals surface area contributed by atoms with E-state index in [1.165, 1.54) is 5.56 Å². The zero-order valence-corrected chi connectivity index (χ0v) is 15.2. The molecule has 0 atom stereocenters. The first-order chi connectivity index (χ1) is 12.0. The Labute approximate surface area is 149 Å². The first-order valence-corrected chi connectivity index (χ1v) is 10.5. The summed E-state index contributed by atoms with van der Waals surface area (Å²) in [6.45, 7) is 0.319. The molecule has 134 valence electrons. The highest BCUT2D eigenvalue weighted by Gasteiger charge is 2.23. The number of nitrogens with zero attached hydrogens (tertiary/aromatic N) is 1. The molecule has 0 amide bonds. The van der Waals surface area contributed by atoms with Crippen LogP contribution >= 0.6 is 0 Å². The van der Waals surface area contributed by atoms with Gasteiger partial charge in [0, 0.05) is 6.20 Å². The van der Waals surface area contributed by atoms with Gasteiger partial charge in [0.05, 0.1) is 30.3 Å². The van der Waals surface area contributed by atoms with Crippen LogP contribution in [0.5, 0.6) is 0 Å². The van der Waals surface area contributed by atoms with Gasteiger partial charge in [-0.3, -0.25) is 9.71 Å². The number of nitrogens with one attached hydrogen (secondary N) is 1. The lowest BCUT2D eigenvalue weighted by Crippen LogP contribution is -2.21. The van der Waals surface area contributed by atoms with E-state index in [9.17, 15) is 8.42 Å². The number of pyridine rings is 1. The van der Waals surface area contributed by atoms with E-state index < -0.39 is 10.0 Å². The highest BCUT2D eigenvalue weighted by molar-refractivity contribution is 7.92. The van der Waals surface area contributed by atoms with Crippen molar-refractivity contribution in [1.82, 2.24) is 4.98 Å². The fourth-order valence-electron chi connectivity index (χ4n) is 3.33. The van der Waals surface area contributed by atoms with Crippen LogP contribution in [0.1, 0.15) is 42.9 Å². The Morgan fingerprint density at radius 3 is 2.48 bits per heavy atom. The number of hydrogen-bond donors (Lipinski definition) is 1. The third-order valence-electron chi connectivity index (χ3n) is 4.59. The Kier molecular flexibility index (Phi) is 5.71. The van der Waals surface area contributed by atoms with Crippen LogP contribution in [0.4, 0.5) is 5.69 Å². The molecule has 5 nitrogen and oxygen atoms in total. The molecule has 1 heterocycles. The molecule has 3 rings (SSSR count). The Morgan fingerprint density at radius 1 is 1.08 bits per heavy atom. The Hall–Kier alpha value is -1.92. The predicted octanol–water partition coefficient (Wildman–Crippen LogP) is 3.70.